The van der Waals surface area contributed by atoms with Gasteiger partial charge in [0.05, 0.1) is 12.0 Å². The van der Waals surface area contributed by atoms with Crippen LogP contribution in [0.15, 0.2) is 17.7 Å². The lowest BCUT2D eigenvalue weighted by atomic mass is 10.1. The Morgan fingerprint density at radius 1 is 1.50 bits per heavy atom. The molecule has 0 aliphatic carbocycles. The van der Waals surface area contributed by atoms with Crippen LogP contribution >= 0.6 is 0 Å². The van der Waals surface area contributed by atoms with Crippen molar-refractivity contribution in [2.24, 2.45) is 0 Å². The van der Waals surface area contributed by atoms with Crippen molar-refractivity contribution in [3.05, 3.63) is 33.4 Å². The minimum Gasteiger partial charge on any atom is -0.865 e. The smallest absolute Gasteiger partial charge is 0.266 e. The van der Waals surface area contributed by atoms with Gasteiger partial charge in [0.1, 0.15) is 17.4 Å². The summed E-state index contributed by atoms with van der Waals surface area (Å²) in [5, 5.41) is 34.1. The van der Waals surface area contributed by atoms with Crippen molar-refractivity contribution in [2.45, 2.75) is 19.9 Å². The largest absolute Gasteiger partial charge is 0.865 e. The molecule has 0 saturated heterocycles. The molecule has 0 aliphatic rings. The number of rotatable bonds is 5. The van der Waals surface area contributed by atoms with Gasteiger partial charge < -0.3 is 15.2 Å². The fraction of sp³-hybridized carbons (Fsp3) is 0.286. The second-order valence-electron chi connectivity index (χ2n) is 4.63. The maximum Gasteiger partial charge on any atom is 0.266 e. The SMILES string of the molecule is COc1cc(/C=C(\C#N)C(=O)NC(C)C)cc([N+](=O)[O-])c1[O-]. The van der Waals surface area contributed by atoms with E-state index in [9.17, 15) is 20.0 Å². The summed E-state index contributed by atoms with van der Waals surface area (Å²) in [5.41, 5.74) is -0.769. The van der Waals surface area contributed by atoms with Gasteiger partial charge in [-0.05, 0) is 31.6 Å². The van der Waals surface area contributed by atoms with Gasteiger partial charge in [-0.1, -0.05) is 0 Å². The zero-order valence-corrected chi connectivity index (χ0v) is 12.2. The van der Waals surface area contributed by atoms with Crippen LogP contribution < -0.4 is 15.2 Å². The third-order valence-corrected chi connectivity index (χ3v) is 2.57. The molecule has 0 spiro atoms. The quantitative estimate of drug-likeness (QED) is 0.375. The van der Waals surface area contributed by atoms with Crippen LogP contribution in [0.5, 0.6) is 11.5 Å². The molecule has 1 amide bonds. The standard InChI is InChI=1S/C14H15N3O5/c1-8(2)16-14(19)10(7-15)4-9-5-11(17(20)21)13(18)12(6-9)22-3/h4-6,8,18H,1-3H3,(H,16,19)/p-1/b10-4+. The monoisotopic (exact) mass is 304 g/mol. The number of hydrogen-bond acceptors (Lipinski definition) is 6. The summed E-state index contributed by atoms with van der Waals surface area (Å²) in [6, 6.07) is 3.77. The molecule has 0 bridgehead atoms. The summed E-state index contributed by atoms with van der Waals surface area (Å²) >= 11 is 0. The molecule has 0 atom stereocenters. The molecule has 0 unspecified atom stereocenters. The van der Waals surface area contributed by atoms with Crippen LogP contribution in [0.3, 0.4) is 0 Å². The Balaban J connectivity index is 3.34. The first-order valence-corrected chi connectivity index (χ1v) is 6.26. The molecule has 8 nitrogen and oxygen atoms in total. The topological polar surface area (TPSA) is 128 Å². The maximum atomic E-state index is 11.8. The van der Waals surface area contributed by atoms with Crippen molar-refractivity contribution in [1.29, 1.82) is 5.26 Å². The van der Waals surface area contributed by atoms with Crippen molar-refractivity contribution >= 4 is 17.7 Å². The van der Waals surface area contributed by atoms with E-state index in [2.05, 4.69) is 5.32 Å². The molecule has 1 N–H and O–H groups in total. The van der Waals surface area contributed by atoms with E-state index in [0.717, 1.165) is 12.1 Å². The van der Waals surface area contributed by atoms with E-state index in [4.69, 9.17) is 10.00 Å². The second-order valence-corrected chi connectivity index (χ2v) is 4.63. The van der Waals surface area contributed by atoms with Crippen LogP contribution in [0.25, 0.3) is 6.08 Å². The molecule has 0 radical (unpaired) electrons. The lowest BCUT2D eigenvalue weighted by molar-refractivity contribution is -0.398. The fourth-order valence-electron chi connectivity index (χ4n) is 1.63. The van der Waals surface area contributed by atoms with E-state index < -0.39 is 22.3 Å². The number of ether oxygens (including phenoxy) is 1. The van der Waals surface area contributed by atoms with Crippen LogP contribution in [-0.4, -0.2) is 24.0 Å². The predicted molar refractivity (Wildman–Crippen MR) is 76.0 cm³/mol. The van der Waals surface area contributed by atoms with Crippen molar-refractivity contribution in [1.82, 2.24) is 5.32 Å². The van der Waals surface area contributed by atoms with E-state index >= 15 is 0 Å². The summed E-state index contributed by atoms with van der Waals surface area (Å²) < 4.78 is 4.79. The van der Waals surface area contributed by atoms with Gasteiger partial charge in [0.15, 0.2) is 0 Å². The highest BCUT2D eigenvalue weighted by molar-refractivity contribution is 6.01. The van der Waals surface area contributed by atoms with Gasteiger partial charge in [0.2, 0.25) is 0 Å². The van der Waals surface area contributed by atoms with E-state index in [-0.39, 0.29) is 22.9 Å². The highest BCUT2D eigenvalue weighted by Crippen LogP contribution is 2.35. The van der Waals surface area contributed by atoms with Gasteiger partial charge in [0.25, 0.3) is 11.6 Å². The third kappa shape index (κ3) is 3.96. The Labute approximate surface area is 126 Å². The van der Waals surface area contributed by atoms with Crippen LogP contribution in [0.4, 0.5) is 5.69 Å². The molecule has 1 aromatic rings. The minimum absolute atomic E-state index is 0.151. The summed E-state index contributed by atoms with van der Waals surface area (Å²) in [6.45, 7) is 3.46. The Morgan fingerprint density at radius 3 is 2.59 bits per heavy atom. The first kappa shape index (κ1) is 17.0. The van der Waals surface area contributed by atoms with E-state index in [1.54, 1.807) is 19.9 Å². The van der Waals surface area contributed by atoms with Gasteiger partial charge >= 0.3 is 0 Å². The molecule has 0 heterocycles. The van der Waals surface area contributed by atoms with E-state index in [0.29, 0.717) is 0 Å². The number of benzene rings is 1. The summed E-state index contributed by atoms with van der Waals surface area (Å²) in [4.78, 5) is 21.8. The number of carbonyl (C=O) groups is 1. The van der Waals surface area contributed by atoms with Crippen molar-refractivity contribution in [3.8, 4) is 17.6 Å². The highest BCUT2D eigenvalue weighted by Gasteiger charge is 2.15. The van der Waals surface area contributed by atoms with Crippen LogP contribution in [0, 0.1) is 21.4 Å². The van der Waals surface area contributed by atoms with Crippen molar-refractivity contribution in [3.63, 3.8) is 0 Å². The lowest BCUT2D eigenvalue weighted by Crippen LogP contribution is -2.30. The predicted octanol–water partition coefficient (Wildman–Crippen LogP) is 1.11. The molecule has 1 aromatic carbocycles. The highest BCUT2D eigenvalue weighted by atomic mass is 16.6. The number of amides is 1. The zero-order chi connectivity index (χ0) is 16.9. The Bertz CT molecular complexity index is 674. The van der Waals surface area contributed by atoms with Crippen molar-refractivity contribution < 1.29 is 19.6 Å². The lowest BCUT2D eigenvalue weighted by Gasteiger charge is -2.13. The average molecular weight is 304 g/mol. The molecule has 116 valence electrons. The number of nitro benzene ring substituents is 1. The zero-order valence-electron chi connectivity index (χ0n) is 12.2. The fourth-order valence-corrected chi connectivity index (χ4v) is 1.63. The van der Waals surface area contributed by atoms with Crippen LogP contribution in [0.2, 0.25) is 0 Å². The Kier molecular flexibility index (Phi) is 5.46. The number of methoxy groups -OCH3 is 1. The number of hydrogen-bond donors (Lipinski definition) is 1. The summed E-state index contributed by atoms with van der Waals surface area (Å²) in [7, 11) is 1.20. The molecule has 0 fully saturated rings. The number of nitrogens with one attached hydrogen (secondary N) is 1. The van der Waals surface area contributed by atoms with Gasteiger partial charge in [-0.2, -0.15) is 5.26 Å². The Hall–Kier alpha value is -3.08. The van der Waals surface area contributed by atoms with Gasteiger partial charge in [-0.25, -0.2) is 0 Å². The number of nitriles is 1. The first-order valence-electron chi connectivity index (χ1n) is 6.26. The molecular formula is C14H14N3O5-. The second kappa shape index (κ2) is 7.08. The van der Waals surface area contributed by atoms with Gasteiger partial charge in [-0.15, -0.1) is 0 Å². The molecule has 8 heteroatoms. The first-order chi connectivity index (χ1) is 10.3. The molecule has 22 heavy (non-hydrogen) atoms. The third-order valence-electron chi connectivity index (χ3n) is 2.57. The molecule has 1 rings (SSSR count). The number of nitro groups is 1. The minimum atomic E-state index is -0.866. The summed E-state index contributed by atoms with van der Waals surface area (Å²) in [5.74, 6) is -1.71. The average Bonchev–Trinajstić information content (AvgIpc) is 2.44. The van der Waals surface area contributed by atoms with Crippen LogP contribution in [0.1, 0.15) is 19.4 Å². The summed E-state index contributed by atoms with van der Waals surface area (Å²) in [6.07, 6.45) is 1.16. The van der Waals surface area contributed by atoms with Crippen LogP contribution in [-0.2, 0) is 4.79 Å². The van der Waals surface area contributed by atoms with Crippen molar-refractivity contribution in [2.75, 3.05) is 7.11 Å². The Morgan fingerprint density at radius 2 is 2.14 bits per heavy atom. The molecule has 0 aliphatic heterocycles. The molecular weight excluding hydrogens is 290 g/mol. The number of carbonyl (C=O) groups excluding carboxylic acids is 1. The number of nitrogens with zero attached hydrogens (tertiary/aromatic N) is 2. The molecule has 0 saturated carbocycles. The maximum absolute atomic E-state index is 11.8. The van der Waals surface area contributed by atoms with E-state index in [1.807, 2.05) is 0 Å². The molecule has 0 aromatic heterocycles. The van der Waals surface area contributed by atoms with Gasteiger partial charge in [0, 0.05) is 17.9 Å². The van der Waals surface area contributed by atoms with Gasteiger partial charge in [-0.3, -0.25) is 14.9 Å². The normalized spacial score (nSPS) is 11.0. The van der Waals surface area contributed by atoms with E-state index in [1.165, 1.54) is 13.2 Å².